The Kier molecular flexibility index (Phi) is 5.67. The number of halogens is 2. The fourth-order valence-electron chi connectivity index (χ4n) is 1.84. The third-order valence-corrected chi connectivity index (χ3v) is 3.17. The molecule has 1 rings (SSSR count). The van der Waals surface area contributed by atoms with Gasteiger partial charge in [0.15, 0.2) is 6.29 Å². The van der Waals surface area contributed by atoms with Gasteiger partial charge in [0.05, 0.1) is 6.61 Å². The summed E-state index contributed by atoms with van der Waals surface area (Å²) in [6.07, 6.45) is 1.34. The third kappa shape index (κ3) is 5.03. The molecule has 0 aromatic carbocycles. The molecule has 0 N–H and O–H groups in total. The van der Waals surface area contributed by atoms with Gasteiger partial charge >= 0.3 is 5.97 Å². The van der Waals surface area contributed by atoms with Crippen LogP contribution in [0.2, 0.25) is 0 Å². The highest BCUT2D eigenvalue weighted by molar-refractivity contribution is 5.65. The van der Waals surface area contributed by atoms with Crippen LogP contribution in [0, 0.1) is 0 Å². The van der Waals surface area contributed by atoms with Crippen molar-refractivity contribution in [1.29, 1.82) is 0 Å². The van der Waals surface area contributed by atoms with Gasteiger partial charge in [-0.1, -0.05) is 0 Å². The fourth-order valence-corrected chi connectivity index (χ4v) is 1.84. The fraction of sp³-hybridized carbons (Fsp3) is 0.923. The Morgan fingerprint density at radius 1 is 1.37 bits per heavy atom. The van der Waals surface area contributed by atoms with E-state index in [1.54, 1.807) is 0 Å². The molecule has 1 aliphatic rings. The average molecular weight is 280 g/mol. The highest BCUT2D eigenvalue weighted by Gasteiger charge is 2.49. The van der Waals surface area contributed by atoms with Gasteiger partial charge in [-0.3, -0.25) is 4.79 Å². The summed E-state index contributed by atoms with van der Waals surface area (Å²) in [6, 6.07) is 0. The van der Waals surface area contributed by atoms with Crippen LogP contribution in [0.3, 0.4) is 0 Å². The minimum absolute atomic E-state index is 0.319. The lowest BCUT2D eigenvalue weighted by atomic mass is 9.97. The molecule has 0 bridgehead atoms. The van der Waals surface area contributed by atoms with Crippen LogP contribution in [0.1, 0.15) is 46.5 Å². The molecule has 112 valence electrons. The quantitative estimate of drug-likeness (QED) is 0.702. The molecule has 4 nitrogen and oxygen atoms in total. The van der Waals surface area contributed by atoms with Crippen LogP contribution < -0.4 is 0 Å². The second kappa shape index (κ2) is 6.61. The lowest BCUT2D eigenvalue weighted by Crippen LogP contribution is -2.49. The van der Waals surface area contributed by atoms with Gasteiger partial charge in [-0.15, -0.1) is 0 Å². The molecule has 1 aliphatic heterocycles. The molecular weight excluding hydrogens is 258 g/mol. The first kappa shape index (κ1) is 16.3. The molecule has 0 spiro atoms. The Balaban J connectivity index is 2.49. The summed E-state index contributed by atoms with van der Waals surface area (Å²) in [5.74, 6) is -3.66. The molecule has 6 heteroatoms. The number of esters is 1. The first-order valence-electron chi connectivity index (χ1n) is 6.55. The molecule has 0 saturated carbocycles. The minimum Gasteiger partial charge on any atom is -0.466 e. The summed E-state index contributed by atoms with van der Waals surface area (Å²) in [6.45, 7) is 4.08. The van der Waals surface area contributed by atoms with Crippen LogP contribution in [-0.4, -0.2) is 37.0 Å². The van der Waals surface area contributed by atoms with Crippen LogP contribution in [0.4, 0.5) is 8.78 Å². The number of rotatable bonds is 6. The van der Waals surface area contributed by atoms with Crippen molar-refractivity contribution in [2.45, 2.75) is 64.3 Å². The number of alkyl halides is 2. The second-order valence-corrected chi connectivity index (χ2v) is 5.22. The maximum Gasteiger partial charge on any atom is 0.302 e. The van der Waals surface area contributed by atoms with E-state index in [0.29, 0.717) is 13.0 Å². The van der Waals surface area contributed by atoms with Crippen molar-refractivity contribution in [3.8, 4) is 0 Å². The zero-order valence-corrected chi connectivity index (χ0v) is 11.7. The summed E-state index contributed by atoms with van der Waals surface area (Å²) in [5, 5.41) is 0. The molecule has 0 amide bonds. The summed E-state index contributed by atoms with van der Waals surface area (Å²) < 4.78 is 43.3. The van der Waals surface area contributed by atoms with Gasteiger partial charge in [-0.05, 0) is 33.1 Å². The van der Waals surface area contributed by atoms with Crippen molar-refractivity contribution >= 4 is 5.97 Å². The van der Waals surface area contributed by atoms with Crippen LogP contribution in [0.25, 0.3) is 0 Å². The SMILES string of the molecule is CC(=O)OCCC(F)(F)C(C)(C)OC1CCCCO1. The lowest BCUT2D eigenvalue weighted by Gasteiger charge is -2.38. The standard InChI is InChI=1S/C13H22F2O4/c1-10(16)17-9-7-13(14,15)12(2,3)19-11-6-4-5-8-18-11/h11H,4-9H2,1-3H3. The molecule has 0 aliphatic carbocycles. The first-order chi connectivity index (χ1) is 8.74. The van der Waals surface area contributed by atoms with Crippen molar-refractivity contribution in [1.82, 2.24) is 0 Å². The van der Waals surface area contributed by atoms with E-state index >= 15 is 0 Å². The van der Waals surface area contributed by atoms with E-state index in [1.165, 1.54) is 20.8 Å². The van der Waals surface area contributed by atoms with Gasteiger partial charge in [0.25, 0.3) is 5.92 Å². The van der Waals surface area contributed by atoms with Gasteiger partial charge < -0.3 is 14.2 Å². The maximum absolute atomic E-state index is 14.0. The highest BCUT2D eigenvalue weighted by atomic mass is 19.3. The van der Waals surface area contributed by atoms with E-state index < -0.39 is 30.2 Å². The average Bonchev–Trinajstić information content (AvgIpc) is 2.28. The predicted octanol–water partition coefficient (Wildman–Crippen LogP) is 2.90. The topological polar surface area (TPSA) is 44.8 Å². The Morgan fingerprint density at radius 3 is 2.58 bits per heavy atom. The molecule has 1 heterocycles. The largest absolute Gasteiger partial charge is 0.466 e. The van der Waals surface area contributed by atoms with Gasteiger partial charge in [0, 0.05) is 20.0 Å². The van der Waals surface area contributed by atoms with Crippen molar-refractivity contribution in [3.05, 3.63) is 0 Å². The third-order valence-electron chi connectivity index (χ3n) is 3.17. The van der Waals surface area contributed by atoms with E-state index in [4.69, 9.17) is 9.47 Å². The Hall–Kier alpha value is -0.750. The van der Waals surface area contributed by atoms with Crippen LogP contribution in [0.5, 0.6) is 0 Å². The van der Waals surface area contributed by atoms with Gasteiger partial charge in [0.1, 0.15) is 5.60 Å². The molecule has 0 radical (unpaired) electrons. The number of carbonyl (C=O) groups excluding carboxylic acids is 1. The zero-order chi connectivity index (χ0) is 14.5. The minimum atomic E-state index is -3.09. The molecule has 1 saturated heterocycles. The van der Waals surface area contributed by atoms with Crippen molar-refractivity contribution in [3.63, 3.8) is 0 Å². The van der Waals surface area contributed by atoms with Crippen molar-refractivity contribution < 1.29 is 27.8 Å². The van der Waals surface area contributed by atoms with E-state index in [1.807, 2.05) is 0 Å². The number of hydrogen-bond acceptors (Lipinski definition) is 4. The summed E-state index contributed by atoms with van der Waals surface area (Å²) in [5.41, 5.74) is -1.66. The highest BCUT2D eigenvalue weighted by Crippen LogP contribution is 2.36. The van der Waals surface area contributed by atoms with Crippen LogP contribution in [-0.2, 0) is 19.0 Å². The predicted molar refractivity (Wildman–Crippen MR) is 65.0 cm³/mol. The van der Waals surface area contributed by atoms with E-state index in [0.717, 1.165) is 12.8 Å². The van der Waals surface area contributed by atoms with E-state index in [-0.39, 0.29) is 6.61 Å². The Labute approximate surface area is 112 Å². The molecule has 1 unspecified atom stereocenters. The smallest absolute Gasteiger partial charge is 0.302 e. The van der Waals surface area contributed by atoms with E-state index in [9.17, 15) is 13.6 Å². The van der Waals surface area contributed by atoms with Crippen molar-refractivity contribution in [2.24, 2.45) is 0 Å². The van der Waals surface area contributed by atoms with Gasteiger partial charge in [-0.2, -0.15) is 0 Å². The molecule has 0 aromatic heterocycles. The second-order valence-electron chi connectivity index (χ2n) is 5.22. The van der Waals surface area contributed by atoms with Crippen LogP contribution >= 0.6 is 0 Å². The van der Waals surface area contributed by atoms with Crippen LogP contribution in [0.15, 0.2) is 0 Å². The molecule has 19 heavy (non-hydrogen) atoms. The number of carbonyl (C=O) groups is 1. The molecular formula is C13H22F2O4. The Morgan fingerprint density at radius 2 is 2.05 bits per heavy atom. The molecule has 1 fully saturated rings. The molecule has 0 aromatic rings. The van der Waals surface area contributed by atoms with Crippen molar-refractivity contribution in [2.75, 3.05) is 13.2 Å². The summed E-state index contributed by atoms with van der Waals surface area (Å²) >= 11 is 0. The number of hydrogen-bond donors (Lipinski definition) is 0. The monoisotopic (exact) mass is 280 g/mol. The lowest BCUT2D eigenvalue weighted by molar-refractivity contribution is -0.279. The van der Waals surface area contributed by atoms with Gasteiger partial charge in [-0.25, -0.2) is 8.78 Å². The Bertz CT molecular complexity index is 299. The first-order valence-corrected chi connectivity index (χ1v) is 6.55. The van der Waals surface area contributed by atoms with E-state index in [2.05, 4.69) is 4.74 Å². The summed E-state index contributed by atoms with van der Waals surface area (Å²) in [7, 11) is 0. The zero-order valence-electron chi connectivity index (χ0n) is 11.7. The summed E-state index contributed by atoms with van der Waals surface area (Å²) in [4.78, 5) is 10.6. The van der Waals surface area contributed by atoms with Gasteiger partial charge in [0.2, 0.25) is 0 Å². The maximum atomic E-state index is 14.0. The molecule has 1 atom stereocenters. The normalized spacial score (nSPS) is 21.2. The number of ether oxygens (including phenoxy) is 3.